The topological polar surface area (TPSA) is 51.2 Å². The Kier molecular flexibility index (Phi) is 6.09. The highest BCUT2D eigenvalue weighted by molar-refractivity contribution is 6.29. The summed E-state index contributed by atoms with van der Waals surface area (Å²) in [6.07, 6.45) is 1.47. The molecule has 0 aliphatic carbocycles. The van der Waals surface area contributed by atoms with Crippen LogP contribution in [0.15, 0.2) is 18.3 Å². The second kappa shape index (κ2) is 7.34. The number of aromatic nitrogens is 1. The van der Waals surface area contributed by atoms with Crippen LogP contribution < -0.4 is 5.32 Å². The minimum atomic E-state index is -0.155. The molecular weight excluding hydrogens is 252 g/mol. The predicted molar refractivity (Wildman–Crippen MR) is 71.8 cm³/mol. The van der Waals surface area contributed by atoms with E-state index in [2.05, 4.69) is 10.3 Å². The van der Waals surface area contributed by atoms with Gasteiger partial charge in [-0.2, -0.15) is 0 Å². The van der Waals surface area contributed by atoms with Crippen molar-refractivity contribution in [2.24, 2.45) is 5.92 Å². The smallest absolute Gasteiger partial charge is 0.253 e. The maximum absolute atomic E-state index is 12.0. The van der Waals surface area contributed by atoms with Crippen molar-refractivity contribution in [2.75, 3.05) is 13.2 Å². The van der Waals surface area contributed by atoms with Crippen LogP contribution in [0.3, 0.4) is 0 Å². The summed E-state index contributed by atoms with van der Waals surface area (Å²) in [4.78, 5) is 15.9. The first-order valence-electron chi connectivity index (χ1n) is 6.04. The molecule has 0 radical (unpaired) electrons. The fraction of sp³-hybridized carbons (Fsp3) is 0.538. The first-order valence-corrected chi connectivity index (χ1v) is 6.42. The van der Waals surface area contributed by atoms with E-state index in [-0.39, 0.29) is 11.9 Å². The molecule has 1 aromatic rings. The summed E-state index contributed by atoms with van der Waals surface area (Å²) in [5.74, 6) is 0.151. The van der Waals surface area contributed by atoms with E-state index in [0.717, 1.165) is 0 Å². The second-order valence-electron chi connectivity index (χ2n) is 4.35. The largest absolute Gasteiger partial charge is 0.380 e. The third-order valence-corrected chi connectivity index (χ3v) is 2.84. The van der Waals surface area contributed by atoms with Crippen LogP contribution in [0, 0.1) is 5.92 Å². The number of carbonyl (C=O) groups is 1. The number of nitrogens with one attached hydrogen (secondary N) is 1. The summed E-state index contributed by atoms with van der Waals surface area (Å²) in [6, 6.07) is 3.25. The molecular formula is C13H19ClN2O2. The molecule has 0 spiro atoms. The first kappa shape index (κ1) is 14.9. The van der Waals surface area contributed by atoms with Crippen LogP contribution in [-0.2, 0) is 4.74 Å². The molecule has 1 aromatic heterocycles. The zero-order valence-corrected chi connectivity index (χ0v) is 11.7. The molecule has 0 saturated heterocycles. The van der Waals surface area contributed by atoms with E-state index in [1.807, 2.05) is 20.8 Å². The third kappa shape index (κ3) is 4.63. The van der Waals surface area contributed by atoms with Crippen LogP contribution >= 0.6 is 11.6 Å². The zero-order chi connectivity index (χ0) is 13.5. The molecule has 18 heavy (non-hydrogen) atoms. The molecule has 0 aromatic carbocycles. The first-order chi connectivity index (χ1) is 8.54. The van der Waals surface area contributed by atoms with Crippen molar-refractivity contribution in [3.63, 3.8) is 0 Å². The van der Waals surface area contributed by atoms with Crippen LogP contribution in [0.25, 0.3) is 0 Å². The van der Waals surface area contributed by atoms with Crippen LogP contribution in [0.4, 0.5) is 0 Å². The lowest BCUT2D eigenvalue weighted by atomic mass is 10.0. The third-order valence-electron chi connectivity index (χ3n) is 2.61. The van der Waals surface area contributed by atoms with E-state index in [1.54, 1.807) is 12.1 Å². The number of nitrogens with zero attached hydrogens (tertiary/aromatic N) is 1. The van der Waals surface area contributed by atoms with Crippen LogP contribution in [0.1, 0.15) is 31.1 Å². The number of halogens is 1. The van der Waals surface area contributed by atoms with Gasteiger partial charge in [-0.25, -0.2) is 4.98 Å². The van der Waals surface area contributed by atoms with Gasteiger partial charge in [0.1, 0.15) is 5.15 Å². The zero-order valence-electron chi connectivity index (χ0n) is 10.9. The lowest BCUT2D eigenvalue weighted by Crippen LogP contribution is -2.41. The summed E-state index contributed by atoms with van der Waals surface area (Å²) in [6.45, 7) is 7.18. The van der Waals surface area contributed by atoms with Gasteiger partial charge >= 0.3 is 0 Å². The molecule has 1 heterocycles. The number of ether oxygens (including phenoxy) is 1. The minimum absolute atomic E-state index is 0.00636. The van der Waals surface area contributed by atoms with Crippen LogP contribution in [0.2, 0.25) is 5.15 Å². The Morgan fingerprint density at radius 1 is 1.50 bits per heavy atom. The Balaban J connectivity index is 2.63. The van der Waals surface area contributed by atoms with E-state index in [0.29, 0.717) is 29.8 Å². The highest BCUT2D eigenvalue weighted by Gasteiger charge is 2.17. The van der Waals surface area contributed by atoms with E-state index < -0.39 is 0 Å². The van der Waals surface area contributed by atoms with Gasteiger partial charge in [-0.1, -0.05) is 25.4 Å². The fourth-order valence-corrected chi connectivity index (χ4v) is 1.52. The molecule has 0 saturated carbocycles. The molecule has 1 rings (SSSR count). The Labute approximate surface area is 113 Å². The predicted octanol–water partition coefficient (Wildman–Crippen LogP) is 2.53. The SMILES string of the molecule is CCOCC(NC(=O)c1ccc(Cl)nc1)C(C)C. The summed E-state index contributed by atoms with van der Waals surface area (Å²) >= 11 is 5.68. The second-order valence-corrected chi connectivity index (χ2v) is 4.74. The fourth-order valence-electron chi connectivity index (χ4n) is 1.41. The number of pyridine rings is 1. The molecule has 0 aliphatic rings. The van der Waals surface area contributed by atoms with E-state index in [4.69, 9.17) is 16.3 Å². The Bertz CT molecular complexity index is 379. The van der Waals surface area contributed by atoms with Gasteiger partial charge in [-0.15, -0.1) is 0 Å². The summed E-state index contributed by atoms with van der Waals surface area (Å²) in [5, 5.41) is 3.32. The highest BCUT2D eigenvalue weighted by atomic mass is 35.5. The molecule has 1 atom stereocenters. The van der Waals surface area contributed by atoms with E-state index in [9.17, 15) is 4.79 Å². The molecule has 5 heteroatoms. The Morgan fingerprint density at radius 2 is 2.22 bits per heavy atom. The highest BCUT2D eigenvalue weighted by Crippen LogP contribution is 2.07. The summed E-state index contributed by atoms with van der Waals surface area (Å²) < 4.78 is 5.36. The summed E-state index contributed by atoms with van der Waals surface area (Å²) in [5.41, 5.74) is 0.501. The van der Waals surface area contributed by atoms with Gasteiger partial charge in [-0.05, 0) is 25.0 Å². The molecule has 100 valence electrons. The lowest BCUT2D eigenvalue weighted by molar-refractivity contribution is 0.0806. The van der Waals surface area contributed by atoms with Gasteiger partial charge in [0.05, 0.1) is 18.2 Å². The van der Waals surface area contributed by atoms with Gasteiger partial charge in [0, 0.05) is 12.8 Å². The van der Waals surface area contributed by atoms with Crippen molar-refractivity contribution < 1.29 is 9.53 Å². The van der Waals surface area contributed by atoms with Gasteiger partial charge in [0.15, 0.2) is 0 Å². The lowest BCUT2D eigenvalue weighted by Gasteiger charge is -2.22. The molecule has 1 amide bonds. The molecule has 1 unspecified atom stereocenters. The average molecular weight is 271 g/mol. The molecule has 0 aliphatic heterocycles. The molecule has 0 bridgehead atoms. The van der Waals surface area contributed by atoms with Crippen LogP contribution in [-0.4, -0.2) is 30.1 Å². The number of amides is 1. The van der Waals surface area contributed by atoms with Crippen molar-refractivity contribution in [3.05, 3.63) is 29.0 Å². The van der Waals surface area contributed by atoms with Gasteiger partial charge in [0.2, 0.25) is 0 Å². The standard InChI is InChI=1S/C13H19ClN2O2/c1-4-18-8-11(9(2)3)16-13(17)10-5-6-12(14)15-7-10/h5-7,9,11H,4,8H2,1-3H3,(H,16,17). The van der Waals surface area contributed by atoms with Crippen molar-refractivity contribution in [1.29, 1.82) is 0 Å². The molecule has 4 nitrogen and oxygen atoms in total. The Morgan fingerprint density at radius 3 is 2.72 bits per heavy atom. The number of rotatable bonds is 6. The Hall–Kier alpha value is -1.13. The number of carbonyl (C=O) groups excluding carboxylic acids is 1. The molecule has 1 N–H and O–H groups in total. The van der Waals surface area contributed by atoms with Crippen molar-refractivity contribution in [2.45, 2.75) is 26.8 Å². The maximum Gasteiger partial charge on any atom is 0.253 e. The number of hydrogen-bond donors (Lipinski definition) is 1. The van der Waals surface area contributed by atoms with Crippen LogP contribution in [0.5, 0.6) is 0 Å². The average Bonchev–Trinajstić information content (AvgIpc) is 2.34. The molecule has 0 fully saturated rings. The number of hydrogen-bond acceptors (Lipinski definition) is 3. The van der Waals surface area contributed by atoms with E-state index in [1.165, 1.54) is 6.20 Å². The van der Waals surface area contributed by atoms with Gasteiger partial charge in [0.25, 0.3) is 5.91 Å². The normalized spacial score (nSPS) is 12.5. The quantitative estimate of drug-likeness (QED) is 0.808. The monoisotopic (exact) mass is 270 g/mol. The summed E-state index contributed by atoms with van der Waals surface area (Å²) in [7, 11) is 0. The van der Waals surface area contributed by atoms with Crippen molar-refractivity contribution >= 4 is 17.5 Å². The van der Waals surface area contributed by atoms with Gasteiger partial charge < -0.3 is 10.1 Å². The van der Waals surface area contributed by atoms with Gasteiger partial charge in [-0.3, -0.25) is 4.79 Å². The van der Waals surface area contributed by atoms with E-state index >= 15 is 0 Å². The maximum atomic E-state index is 12.0. The van der Waals surface area contributed by atoms with Crippen molar-refractivity contribution in [3.8, 4) is 0 Å². The minimum Gasteiger partial charge on any atom is -0.380 e. The van der Waals surface area contributed by atoms with Crippen molar-refractivity contribution in [1.82, 2.24) is 10.3 Å².